The van der Waals surface area contributed by atoms with Crippen LogP contribution in [-0.4, -0.2) is 10.7 Å². The molecular weight excluding hydrogens is 472 g/mol. The van der Waals surface area contributed by atoms with Crippen molar-refractivity contribution in [2.75, 3.05) is 0 Å². The van der Waals surface area contributed by atoms with E-state index >= 15 is 4.39 Å². The second-order valence-corrected chi connectivity index (χ2v) is 10.3. The highest BCUT2D eigenvalue weighted by molar-refractivity contribution is 5.85. The lowest BCUT2D eigenvalue weighted by molar-refractivity contribution is -0.803. The molecule has 0 fully saturated rings. The molecule has 0 saturated carbocycles. The topological polar surface area (TPSA) is 39.0 Å². The summed E-state index contributed by atoms with van der Waals surface area (Å²) in [6.07, 6.45) is 7.22. The second-order valence-electron chi connectivity index (χ2n) is 10.3. The number of fused-ring (bicyclic) bond motifs is 4. The third-order valence-electron chi connectivity index (χ3n) is 8.41. The summed E-state index contributed by atoms with van der Waals surface area (Å²) in [5.41, 5.74) is 3.34. The quantitative estimate of drug-likeness (QED) is 0.230. The Morgan fingerprint density at radius 2 is 1.81 bits per heavy atom. The fourth-order valence-corrected chi connectivity index (χ4v) is 6.06. The predicted molar refractivity (Wildman–Crippen MR) is 138 cm³/mol. The lowest BCUT2D eigenvalue weighted by Gasteiger charge is -2.35. The maximum Gasteiger partial charge on any atom is 0.410 e. The molecule has 1 aliphatic rings. The SMILES string of the molecule is CCCCCc1cc[n+]2c(c1)-c1c(F)cc(F)cc1C(CC)(CC)C(C)[n+]1c(cc(C)n1C)C(=O)OC2. The number of carbonyl (C=O) groups is 1. The van der Waals surface area contributed by atoms with E-state index in [1.807, 2.05) is 54.7 Å². The van der Waals surface area contributed by atoms with Gasteiger partial charge in [-0.15, -0.1) is 0 Å². The van der Waals surface area contributed by atoms with Crippen LogP contribution in [0.1, 0.15) is 93.2 Å². The molecule has 7 heteroatoms. The highest BCUT2D eigenvalue weighted by atomic mass is 19.1. The van der Waals surface area contributed by atoms with Gasteiger partial charge in [-0.25, -0.2) is 13.6 Å². The van der Waals surface area contributed by atoms with Crippen LogP contribution in [0, 0.1) is 18.6 Å². The summed E-state index contributed by atoms with van der Waals surface area (Å²) in [5, 5.41) is 0. The van der Waals surface area contributed by atoms with Gasteiger partial charge in [0, 0.05) is 31.2 Å². The van der Waals surface area contributed by atoms with Crippen LogP contribution in [0.3, 0.4) is 0 Å². The number of aryl methyl sites for hydroxylation is 2. The molecule has 0 spiro atoms. The summed E-state index contributed by atoms with van der Waals surface area (Å²) in [6, 6.07) is 7.96. The van der Waals surface area contributed by atoms with Crippen molar-refractivity contribution in [3.8, 4) is 11.3 Å². The first-order valence-electron chi connectivity index (χ1n) is 13.5. The van der Waals surface area contributed by atoms with Gasteiger partial charge in [0.05, 0.1) is 23.7 Å². The summed E-state index contributed by atoms with van der Waals surface area (Å²) in [5.74, 6) is -1.65. The molecule has 0 N–H and O–H groups in total. The lowest BCUT2D eigenvalue weighted by Crippen LogP contribution is -2.57. The Balaban J connectivity index is 2.06. The summed E-state index contributed by atoms with van der Waals surface area (Å²) < 4.78 is 42.3. The highest BCUT2D eigenvalue weighted by Gasteiger charge is 2.48. The van der Waals surface area contributed by atoms with Crippen LogP contribution in [0.5, 0.6) is 0 Å². The number of esters is 1. The maximum absolute atomic E-state index is 15.9. The van der Waals surface area contributed by atoms with Gasteiger partial charge in [-0.05, 0) is 49.8 Å². The molecular formula is C30H39F2N3O2+2. The molecule has 1 aliphatic heterocycles. The standard InChI is InChI=1S/C30H39F2N3O2/c1-7-10-11-12-22-13-14-34-19-37-29(36)27-15-20(4)33(6)35(27)21(5)30(8-2,9-3)24-17-23(31)18-25(32)28(24)26(34)16-22/h13-18,21H,7-12,19H2,1-6H3/q+2. The molecule has 5 nitrogen and oxygen atoms in total. The van der Waals surface area contributed by atoms with Crippen molar-refractivity contribution in [3.05, 3.63) is 70.7 Å². The summed E-state index contributed by atoms with van der Waals surface area (Å²) in [6.45, 7) is 10.2. The largest absolute Gasteiger partial charge is 0.410 e. The van der Waals surface area contributed by atoms with Crippen molar-refractivity contribution in [1.29, 1.82) is 0 Å². The Hall–Kier alpha value is -3.09. The zero-order chi connectivity index (χ0) is 26.9. The van der Waals surface area contributed by atoms with E-state index in [2.05, 4.69) is 20.8 Å². The number of rotatable bonds is 6. The number of carbonyl (C=O) groups excluding carboxylic acids is 1. The van der Waals surface area contributed by atoms with Crippen LogP contribution in [0.4, 0.5) is 8.78 Å². The average Bonchev–Trinajstić information content (AvgIpc) is 3.17. The molecule has 0 radical (unpaired) electrons. The normalized spacial score (nSPS) is 16.9. The van der Waals surface area contributed by atoms with Crippen molar-refractivity contribution in [3.63, 3.8) is 0 Å². The number of hydrogen-bond acceptors (Lipinski definition) is 2. The van der Waals surface area contributed by atoms with Gasteiger partial charge in [0.25, 0.3) is 6.73 Å². The number of halogens is 2. The molecule has 0 bridgehead atoms. The Bertz CT molecular complexity index is 1310. The molecule has 3 aromatic rings. The van der Waals surface area contributed by atoms with Gasteiger partial charge in [-0.2, -0.15) is 9.25 Å². The monoisotopic (exact) mass is 511 g/mol. The van der Waals surface area contributed by atoms with Crippen LogP contribution in [0.15, 0.2) is 36.5 Å². The Labute approximate surface area is 218 Å². The summed E-state index contributed by atoms with van der Waals surface area (Å²) >= 11 is 0. The van der Waals surface area contributed by atoms with Crippen LogP contribution >= 0.6 is 0 Å². The molecule has 1 aromatic carbocycles. The molecule has 4 rings (SSSR count). The van der Waals surface area contributed by atoms with Gasteiger partial charge in [0.15, 0.2) is 12.2 Å². The van der Waals surface area contributed by atoms with Crippen molar-refractivity contribution in [2.24, 2.45) is 7.05 Å². The molecule has 2 aromatic heterocycles. The Kier molecular flexibility index (Phi) is 7.81. The number of aromatic nitrogens is 3. The average molecular weight is 512 g/mol. The van der Waals surface area contributed by atoms with Gasteiger partial charge in [-0.1, -0.05) is 38.3 Å². The second kappa shape index (κ2) is 10.7. The molecule has 1 unspecified atom stereocenters. The third kappa shape index (κ3) is 4.69. The molecule has 0 amide bonds. The Morgan fingerprint density at radius 3 is 2.49 bits per heavy atom. The van der Waals surface area contributed by atoms with Crippen molar-refractivity contribution < 1.29 is 27.6 Å². The minimum Gasteiger partial charge on any atom is -0.397 e. The summed E-state index contributed by atoms with van der Waals surface area (Å²) in [7, 11) is 1.90. The van der Waals surface area contributed by atoms with Crippen molar-refractivity contribution in [1.82, 2.24) is 4.68 Å². The van der Waals surface area contributed by atoms with E-state index in [0.717, 1.165) is 43.0 Å². The van der Waals surface area contributed by atoms with Crippen LogP contribution in [0.25, 0.3) is 11.3 Å². The van der Waals surface area contributed by atoms with Crippen LogP contribution in [0.2, 0.25) is 0 Å². The third-order valence-corrected chi connectivity index (χ3v) is 8.41. The molecule has 37 heavy (non-hydrogen) atoms. The molecule has 3 heterocycles. The van der Waals surface area contributed by atoms with Crippen molar-refractivity contribution in [2.45, 2.75) is 91.3 Å². The van der Waals surface area contributed by atoms with Crippen molar-refractivity contribution >= 4 is 5.97 Å². The minimum atomic E-state index is -0.656. The van der Waals surface area contributed by atoms with E-state index in [1.165, 1.54) is 6.07 Å². The van der Waals surface area contributed by atoms with E-state index in [0.29, 0.717) is 35.4 Å². The lowest BCUT2D eigenvalue weighted by atomic mass is 9.68. The maximum atomic E-state index is 15.9. The van der Waals surface area contributed by atoms with E-state index in [9.17, 15) is 9.18 Å². The number of benzene rings is 1. The number of pyridine rings is 1. The first kappa shape index (κ1) is 27.0. The zero-order valence-electron chi connectivity index (χ0n) is 22.9. The van der Waals surface area contributed by atoms with Gasteiger partial charge in [0.1, 0.15) is 11.6 Å². The highest BCUT2D eigenvalue weighted by Crippen LogP contribution is 2.45. The fraction of sp³-hybridized carbons (Fsp3) is 0.500. The van der Waals surface area contributed by atoms with Gasteiger partial charge in [0.2, 0.25) is 5.69 Å². The van der Waals surface area contributed by atoms with E-state index in [4.69, 9.17) is 4.74 Å². The van der Waals surface area contributed by atoms with E-state index in [-0.39, 0.29) is 12.8 Å². The number of ether oxygens (including phenoxy) is 1. The number of nitrogens with zero attached hydrogens (tertiary/aromatic N) is 3. The molecule has 198 valence electrons. The van der Waals surface area contributed by atoms with Gasteiger partial charge >= 0.3 is 11.7 Å². The predicted octanol–water partition coefficient (Wildman–Crippen LogP) is 6.03. The number of hydrogen-bond donors (Lipinski definition) is 0. The van der Waals surface area contributed by atoms with E-state index < -0.39 is 23.0 Å². The summed E-state index contributed by atoms with van der Waals surface area (Å²) in [4.78, 5) is 13.4. The first-order chi connectivity index (χ1) is 17.7. The smallest absolute Gasteiger partial charge is 0.397 e. The van der Waals surface area contributed by atoms with Crippen LogP contribution in [-0.2, 0) is 30.4 Å². The van der Waals surface area contributed by atoms with Crippen LogP contribution < -0.4 is 9.25 Å². The van der Waals surface area contributed by atoms with Gasteiger partial charge < -0.3 is 4.74 Å². The fourth-order valence-electron chi connectivity index (χ4n) is 6.06. The number of cyclic esters (lactones) is 1. The molecule has 0 saturated heterocycles. The zero-order valence-corrected chi connectivity index (χ0v) is 22.9. The minimum absolute atomic E-state index is 0.0762. The first-order valence-corrected chi connectivity index (χ1v) is 13.5. The molecule has 1 atom stereocenters. The number of unbranched alkanes of at least 4 members (excludes halogenated alkanes) is 2. The van der Waals surface area contributed by atoms with Gasteiger partial charge in [-0.3, -0.25) is 0 Å². The molecule has 0 aliphatic carbocycles. The van der Waals surface area contributed by atoms with E-state index in [1.54, 1.807) is 4.57 Å². The Morgan fingerprint density at radius 1 is 1.08 bits per heavy atom.